The average Bonchev–Trinajstić information content (AvgIpc) is 2.31. The van der Waals surface area contributed by atoms with Gasteiger partial charge in [0.15, 0.2) is 0 Å². The maximum atomic E-state index is 8.39. The monoisotopic (exact) mass is 203 g/mol. The van der Waals surface area contributed by atoms with Crippen molar-refractivity contribution in [3.63, 3.8) is 0 Å². The Morgan fingerprint density at radius 2 is 2.13 bits per heavy atom. The van der Waals surface area contributed by atoms with E-state index >= 15 is 0 Å². The molecule has 0 bridgehead atoms. The van der Waals surface area contributed by atoms with Crippen molar-refractivity contribution < 1.29 is 4.74 Å². The van der Waals surface area contributed by atoms with E-state index in [4.69, 9.17) is 10.3 Å². The lowest BCUT2D eigenvalue weighted by Gasteiger charge is -2.27. The normalized spacial score (nSPS) is 25.6. The Hall–Kier alpha value is -1.51. The fourth-order valence-electron chi connectivity index (χ4n) is 1.86. The van der Waals surface area contributed by atoms with Crippen LogP contribution in [0.4, 0.5) is 0 Å². The Morgan fingerprint density at radius 3 is 2.87 bits per heavy atom. The molecule has 0 amide bonds. The van der Waals surface area contributed by atoms with Gasteiger partial charge in [0.2, 0.25) is 0 Å². The molecule has 4 nitrogen and oxygen atoms in total. The summed E-state index contributed by atoms with van der Waals surface area (Å²) < 4.78 is 5.66. The molecule has 15 heavy (non-hydrogen) atoms. The fraction of sp³-hybridized carbons (Fsp3) is 0.455. The summed E-state index contributed by atoms with van der Waals surface area (Å²) in [7, 11) is 0. The van der Waals surface area contributed by atoms with Crippen LogP contribution in [-0.4, -0.2) is 12.6 Å². The number of hydrogen-bond acceptors (Lipinski definition) is 2. The number of hydrogen-bond donors (Lipinski definition) is 0. The highest BCUT2D eigenvalue weighted by Gasteiger charge is 2.22. The Balaban J connectivity index is 2.07. The van der Waals surface area contributed by atoms with E-state index in [9.17, 15) is 0 Å². The van der Waals surface area contributed by atoms with Crippen molar-refractivity contribution in [3.8, 4) is 0 Å². The molecule has 2 unspecified atom stereocenters. The minimum Gasteiger partial charge on any atom is -0.374 e. The molecule has 0 spiro atoms. The molecule has 1 heterocycles. The second kappa shape index (κ2) is 4.82. The Kier molecular flexibility index (Phi) is 3.22. The average molecular weight is 203 g/mol. The summed E-state index contributed by atoms with van der Waals surface area (Å²) in [6.45, 7) is 0.670. The van der Waals surface area contributed by atoms with Crippen LogP contribution in [0.2, 0.25) is 0 Å². The van der Waals surface area contributed by atoms with E-state index in [1.165, 1.54) is 0 Å². The number of azide groups is 1. The molecule has 78 valence electrons. The van der Waals surface area contributed by atoms with Gasteiger partial charge >= 0.3 is 0 Å². The van der Waals surface area contributed by atoms with E-state index in [0.29, 0.717) is 6.61 Å². The molecule has 2 atom stereocenters. The first-order chi connectivity index (χ1) is 7.40. The van der Waals surface area contributed by atoms with Crippen LogP contribution < -0.4 is 0 Å². The molecular weight excluding hydrogens is 190 g/mol. The zero-order valence-corrected chi connectivity index (χ0v) is 8.41. The van der Waals surface area contributed by atoms with Gasteiger partial charge in [0.25, 0.3) is 0 Å². The molecule has 0 aliphatic carbocycles. The summed E-state index contributed by atoms with van der Waals surface area (Å²) in [5.74, 6) is 0. The Labute approximate surface area is 88.5 Å². The second-order valence-electron chi connectivity index (χ2n) is 3.65. The highest BCUT2D eigenvalue weighted by atomic mass is 16.5. The van der Waals surface area contributed by atoms with Gasteiger partial charge in [0.1, 0.15) is 0 Å². The third-order valence-corrected chi connectivity index (χ3v) is 2.64. The molecule has 1 aromatic rings. The van der Waals surface area contributed by atoms with Crippen LogP contribution in [-0.2, 0) is 4.74 Å². The predicted molar refractivity (Wildman–Crippen MR) is 57.3 cm³/mol. The predicted octanol–water partition coefficient (Wildman–Crippen LogP) is 3.22. The van der Waals surface area contributed by atoms with Crippen molar-refractivity contribution in [1.29, 1.82) is 0 Å². The highest BCUT2D eigenvalue weighted by molar-refractivity contribution is 5.18. The van der Waals surface area contributed by atoms with E-state index in [1.54, 1.807) is 0 Å². The number of nitrogens with zero attached hydrogens (tertiary/aromatic N) is 3. The first-order valence-electron chi connectivity index (χ1n) is 5.11. The van der Waals surface area contributed by atoms with Gasteiger partial charge in [0, 0.05) is 17.6 Å². The quantitative estimate of drug-likeness (QED) is 0.413. The fourth-order valence-corrected chi connectivity index (χ4v) is 1.86. The van der Waals surface area contributed by atoms with Gasteiger partial charge in [-0.2, -0.15) is 0 Å². The van der Waals surface area contributed by atoms with Crippen molar-refractivity contribution in [3.05, 3.63) is 46.3 Å². The zero-order chi connectivity index (χ0) is 10.5. The lowest BCUT2D eigenvalue weighted by molar-refractivity contribution is 0.00675. The standard InChI is InChI=1S/C11H13N3O/c12-14-13-10-6-7-15-11(8-10)9-4-2-1-3-5-9/h1-5,10-11H,6-8H2. The van der Waals surface area contributed by atoms with Gasteiger partial charge in [-0.15, -0.1) is 0 Å². The molecule has 1 saturated heterocycles. The van der Waals surface area contributed by atoms with Crippen LogP contribution in [0.5, 0.6) is 0 Å². The number of ether oxygens (including phenoxy) is 1. The van der Waals surface area contributed by atoms with E-state index in [0.717, 1.165) is 18.4 Å². The van der Waals surface area contributed by atoms with Crippen LogP contribution in [0.25, 0.3) is 10.4 Å². The largest absolute Gasteiger partial charge is 0.374 e. The third-order valence-electron chi connectivity index (χ3n) is 2.64. The summed E-state index contributed by atoms with van der Waals surface area (Å²) in [5.41, 5.74) is 9.56. The molecular formula is C11H13N3O. The van der Waals surface area contributed by atoms with Crippen molar-refractivity contribution >= 4 is 0 Å². The molecule has 1 aromatic carbocycles. The van der Waals surface area contributed by atoms with Gasteiger partial charge in [-0.25, -0.2) is 0 Å². The molecule has 4 heteroatoms. The van der Waals surface area contributed by atoms with Crippen LogP contribution in [0.1, 0.15) is 24.5 Å². The van der Waals surface area contributed by atoms with Crippen molar-refractivity contribution in [2.75, 3.05) is 6.61 Å². The zero-order valence-electron chi connectivity index (χ0n) is 8.41. The van der Waals surface area contributed by atoms with Gasteiger partial charge in [0.05, 0.1) is 6.10 Å². The van der Waals surface area contributed by atoms with E-state index in [-0.39, 0.29) is 12.1 Å². The van der Waals surface area contributed by atoms with Crippen LogP contribution >= 0.6 is 0 Å². The van der Waals surface area contributed by atoms with Gasteiger partial charge in [-0.3, -0.25) is 0 Å². The molecule has 0 radical (unpaired) electrons. The molecule has 0 aromatic heterocycles. The van der Waals surface area contributed by atoms with Gasteiger partial charge in [-0.05, 0) is 23.9 Å². The molecule has 1 aliphatic heterocycles. The maximum absolute atomic E-state index is 8.39. The van der Waals surface area contributed by atoms with E-state index in [2.05, 4.69) is 10.0 Å². The SMILES string of the molecule is [N-]=[N+]=NC1CCOC(c2ccccc2)C1. The molecule has 2 rings (SSSR count). The lowest BCUT2D eigenvalue weighted by atomic mass is 9.98. The van der Waals surface area contributed by atoms with E-state index in [1.807, 2.05) is 30.3 Å². The van der Waals surface area contributed by atoms with Crippen LogP contribution in [0.15, 0.2) is 35.4 Å². The van der Waals surface area contributed by atoms with Crippen LogP contribution in [0, 0.1) is 0 Å². The topological polar surface area (TPSA) is 58.0 Å². The summed E-state index contributed by atoms with van der Waals surface area (Å²) >= 11 is 0. The molecule has 1 aliphatic rings. The summed E-state index contributed by atoms with van der Waals surface area (Å²) in [6, 6.07) is 10.1. The molecule has 0 N–H and O–H groups in total. The van der Waals surface area contributed by atoms with Crippen molar-refractivity contribution in [1.82, 2.24) is 0 Å². The number of benzene rings is 1. The first kappa shape index (κ1) is 10.0. The first-order valence-corrected chi connectivity index (χ1v) is 5.11. The van der Waals surface area contributed by atoms with Crippen LogP contribution in [0.3, 0.4) is 0 Å². The van der Waals surface area contributed by atoms with Crippen molar-refractivity contribution in [2.45, 2.75) is 25.0 Å². The summed E-state index contributed by atoms with van der Waals surface area (Å²) in [5, 5.41) is 3.76. The Bertz CT molecular complexity index is 359. The highest BCUT2D eigenvalue weighted by Crippen LogP contribution is 2.29. The van der Waals surface area contributed by atoms with E-state index < -0.39 is 0 Å². The lowest BCUT2D eigenvalue weighted by Crippen LogP contribution is -2.21. The third kappa shape index (κ3) is 2.49. The minimum atomic E-state index is 0.0777. The molecule has 1 fully saturated rings. The second-order valence-corrected chi connectivity index (χ2v) is 3.65. The summed E-state index contributed by atoms with van der Waals surface area (Å²) in [4.78, 5) is 2.86. The van der Waals surface area contributed by atoms with Gasteiger partial charge < -0.3 is 4.74 Å². The maximum Gasteiger partial charge on any atom is 0.0828 e. The Morgan fingerprint density at radius 1 is 1.33 bits per heavy atom. The minimum absolute atomic E-state index is 0.0777. The molecule has 0 saturated carbocycles. The smallest absolute Gasteiger partial charge is 0.0828 e. The summed E-state index contributed by atoms with van der Waals surface area (Å²) in [6.07, 6.45) is 1.69. The number of rotatable bonds is 2. The van der Waals surface area contributed by atoms with Gasteiger partial charge in [-0.1, -0.05) is 35.4 Å². The van der Waals surface area contributed by atoms with Crippen molar-refractivity contribution in [2.24, 2.45) is 5.11 Å².